The van der Waals surface area contributed by atoms with E-state index in [2.05, 4.69) is 4.74 Å². The van der Waals surface area contributed by atoms with Gasteiger partial charge in [0.15, 0.2) is 0 Å². The molecular weight excluding hydrogens is 221 g/mol. The van der Waals surface area contributed by atoms with E-state index in [1.165, 1.54) is 0 Å². The van der Waals surface area contributed by atoms with Gasteiger partial charge in [-0.25, -0.2) is 0 Å². The topological polar surface area (TPSA) is 90.2 Å². The van der Waals surface area contributed by atoms with Crippen LogP contribution in [0.3, 0.4) is 0 Å². The highest BCUT2D eigenvalue weighted by Crippen LogP contribution is 2.65. The molecule has 0 atom stereocenters. The van der Waals surface area contributed by atoms with Crippen molar-refractivity contribution in [2.45, 2.75) is 30.8 Å². The quantitative estimate of drug-likeness (QED) is 0.483. The Balaban J connectivity index is 3.07. The third-order valence-corrected chi connectivity index (χ3v) is 2.70. The van der Waals surface area contributed by atoms with E-state index in [0.29, 0.717) is 7.11 Å². The Morgan fingerprint density at radius 2 is 1.47 bits per heavy atom. The maximum atomic E-state index is 12.5. The van der Waals surface area contributed by atoms with E-state index in [1.807, 2.05) is 0 Å². The number of methoxy groups -OCH3 is 1. The van der Waals surface area contributed by atoms with Crippen LogP contribution >= 0.6 is 0 Å². The third-order valence-electron chi connectivity index (χ3n) is 2.70. The number of alkyl halides is 3. The van der Waals surface area contributed by atoms with Gasteiger partial charge in [-0.05, 0) is 12.8 Å². The first kappa shape index (κ1) is 12.7. The van der Waals surface area contributed by atoms with Gasteiger partial charge in [0.25, 0.3) is 5.79 Å². The van der Waals surface area contributed by atoms with Crippen molar-refractivity contribution in [1.82, 2.24) is 0 Å². The van der Waals surface area contributed by atoms with Gasteiger partial charge in [-0.15, -0.1) is 0 Å². The van der Waals surface area contributed by atoms with Gasteiger partial charge in [0.1, 0.15) is 5.41 Å². The van der Waals surface area contributed by atoms with E-state index in [0.717, 1.165) is 0 Å². The zero-order valence-electron chi connectivity index (χ0n) is 7.75. The Labute approximate surface area is 82.7 Å². The van der Waals surface area contributed by atoms with Crippen LogP contribution < -0.4 is 0 Å². The van der Waals surface area contributed by atoms with E-state index in [9.17, 15) is 23.4 Å². The Morgan fingerprint density at radius 3 is 1.67 bits per heavy atom. The highest BCUT2D eigenvalue weighted by atomic mass is 19.4. The minimum Gasteiger partial charge on any atom is -0.359 e. The molecule has 90 valence electrons. The minimum atomic E-state index is -4.95. The molecule has 8 heteroatoms. The van der Waals surface area contributed by atoms with Gasteiger partial charge in [0, 0.05) is 7.11 Å². The summed E-state index contributed by atoms with van der Waals surface area (Å²) >= 11 is 0. The first-order valence-electron chi connectivity index (χ1n) is 4.03. The van der Waals surface area contributed by atoms with Crippen LogP contribution in [0.2, 0.25) is 0 Å². The molecule has 1 aliphatic rings. The largest absolute Gasteiger partial charge is 0.399 e. The lowest BCUT2D eigenvalue weighted by Crippen LogP contribution is -2.64. The summed E-state index contributed by atoms with van der Waals surface area (Å²) in [5.74, 6) is -7.47. The van der Waals surface area contributed by atoms with Crippen molar-refractivity contribution in [3.63, 3.8) is 0 Å². The zero-order valence-corrected chi connectivity index (χ0v) is 7.75. The van der Waals surface area contributed by atoms with E-state index in [4.69, 9.17) is 10.2 Å². The summed E-state index contributed by atoms with van der Waals surface area (Å²) in [5, 5.41) is 36.2. The molecule has 0 aromatic heterocycles. The summed E-state index contributed by atoms with van der Waals surface area (Å²) in [7, 11) is 0.646. The summed E-state index contributed by atoms with van der Waals surface area (Å²) < 4.78 is 41.2. The van der Waals surface area contributed by atoms with E-state index in [1.54, 1.807) is 0 Å². The van der Waals surface area contributed by atoms with Crippen molar-refractivity contribution in [2.24, 2.45) is 5.41 Å². The second-order valence-corrected chi connectivity index (χ2v) is 3.56. The minimum absolute atomic E-state index is 0.601. The number of hydrogen-bond donors (Lipinski definition) is 4. The molecule has 0 aromatic rings. The Kier molecular flexibility index (Phi) is 2.57. The van der Waals surface area contributed by atoms with Crippen LogP contribution in [0.4, 0.5) is 13.2 Å². The van der Waals surface area contributed by atoms with Crippen LogP contribution in [0.25, 0.3) is 0 Å². The van der Waals surface area contributed by atoms with Gasteiger partial charge in [0.2, 0.25) is 0 Å². The fourth-order valence-electron chi connectivity index (χ4n) is 1.41. The smallest absolute Gasteiger partial charge is 0.359 e. The summed E-state index contributed by atoms with van der Waals surface area (Å²) in [6.07, 6.45) is -6.16. The average Bonchev–Trinajstić information content (AvgIpc) is 2.81. The highest BCUT2D eigenvalue weighted by Gasteiger charge is 2.79. The van der Waals surface area contributed by atoms with Crippen LogP contribution in [0.15, 0.2) is 0 Å². The standard InChI is InChI=1S/C7H11F3O5/c1-15-7(13,14)5(11,12)4(2-3-4)6(8,9)10/h11-14H,2-3H2,1H3. The molecule has 0 radical (unpaired) electrons. The van der Waals surface area contributed by atoms with Crippen LogP contribution in [0.5, 0.6) is 0 Å². The van der Waals surface area contributed by atoms with Crippen molar-refractivity contribution in [3.8, 4) is 0 Å². The molecular formula is C7H11F3O5. The second-order valence-electron chi connectivity index (χ2n) is 3.56. The summed E-state index contributed by atoms with van der Waals surface area (Å²) in [5.41, 5.74) is -2.94. The fraction of sp³-hybridized carbons (Fsp3) is 1.00. The van der Waals surface area contributed by atoms with Crippen molar-refractivity contribution in [1.29, 1.82) is 0 Å². The zero-order chi connectivity index (χ0) is 12.1. The van der Waals surface area contributed by atoms with Gasteiger partial charge < -0.3 is 25.2 Å². The molecule has 5 nitrogen and oxygen atoms in total. The van der Waals surface area contributed by atoms with Gasteiger partial charge in [-0.1, -0.05) is 0 Å². The molecule has 0 bridgehead atoms. The SMILES string of the molecule is COC(O)(O)C(O)(O)C1(C(F)(F)F)CC1. The number of hydrogen-bond acceptors (Lipinski definition) is 5. The molecule has 1 aliphatic carbocycles. The van der Waals surface area contributed by atoms with Gasteiger partial charge >= 0.3 is 12.1 Å². The van der Waals surface area contributed by atoms with E-state index >= 15 is 0 Å². The van der Waals surface area contributed by atoms with E-state index in [-0.39, 0.29) is 0 Å². The molecule has 0 aliphatic heterocycles. The summed E-state index contributed by atoms with van der Waals surface area (Å²) in [6, 6.07) is 0. The predicted molar refractivity (Wildman–Crippen MR) is 39.1 cm³/mol. The first-order chi connectivity index (χ1) is 6.52. The number of aliphatic hydroxyl groups is 4. The van der Waals surface area contributed by atoms with Crippen LogP contribution in [-0.2, 0) is 4.74 Å². The molecule has 0 amide bonds. The molecule has 4 N–H and O–H groups in total. The average molecular weight is 232 g/mol. The van der Waals surface area contributed by atoms with Gasteiger partial charge in [0.05, 0.1) is 0 Å². The third kappa shape index (κ3) is 1.53. The summed E-state index contributed by atoms with van der Waals surface area (Å²) in [6.45, 7) is 0. The predicted octanol–water partition coefficient (Wildman–Crippen LogP) is -0.705. The van der Waals surface area contributed by atoms with E-state index < -0.39 is 36.2 Å². The molecule has 0 aromatic carbocycles. The van der Waals surface area contributed by atoms with Crippen molar-refractivity contribution >= 4 is 0 Å². The molecule has 0 saturated heterocycles. The molecule has 0 unspecified atom stereocenters. The van der Waals surface area contributed by atoms with Crippen LogP contribution in [-0.4, -0.2) is 45.5 Å². The Hall–Kier alpha value is -0.410. The molecule has 0 heterocycles. The van der Waals surface area contributed by atoms with Gasteiger partial charge in [-0.3, -0.25) is 0 Å². The van der Waals surface area contributed by atoms with Crippen LogP contribution in [0, 0.1) is 5.41 Å². The molecule has 1 fully saturated rings. The molecule has 0 spiro atoms. The van der Waals surface area contributed by atoms with Crippen LogP contribution in [0.1, 0.15) is 12.8 Å². The van der Waals surface area contributed by atoms with Crippen molar-refractivity contribution in [3.05, 3.63) is 0 Å². The Bertz CT molecular complexity index is 256. The Morgan fingerprint density at radius 1 is 1.07 bits per heavy atom. The lowest BCUT2D eigenvalue weighted by molar-refractivity contribution is -0.488. The van der Waals surface area contributed by atoms with Gasteiger partial charge in [-0.2, -0.15) is 13.2 Å². The molecule has 15 heavy (non-hydrogen) atoms. The first-order valence-corrected chi connectivity index (χ1v) is 4.03. The van der Waals surface area contributed by atoms with Crippen molar-refractivity contribution in [2.75, 3.05) is 7.11 Å². The lowest BCUT2D eigenvalue weighted by Gasteiger charge is -2.39. The lowest BCUT2D eigenvalue weighted by atomic mass is 9.92. The summed E-state index contributed by atoms with van der Waals surface area (Å²) in [4.78, 5) is 0. The number of rotatable bonds is 3. The monoisotopic (exact) mass is 232 g/mol. The second kappa shape index (κ2) is 3.05. The maximum Gasteiger partial charge on any atom is 0.399 e. The van der Waals surface area contributed by atoms with Crippen molar-refractivity contribution < 1.29 is 38.3 Å². The number of ether oxygens (including phenoxy) is 1. The molecule has 1 rings (SSSR count). The number of halogens is 3. The fourth-order valence-corrected chi connectivity index (χ4v) is 1.41. The highest BCUT2D eigenvalue weighted by molar-refractivity contribution is 5.10. The normalized spacial score (nSPS) is 21.6. The molecule has 1 saturated carbocycles. The maximum absolute atomic E-state index is 12.5.